The van der Waals surface area contributed by atoms with Gasteiger partial charge in [0.25, 0.3) is 0 Å². The molecule has 1 amide bonds. The summed E-state index contributed by atoms with van der Waals surface area (Å²) in [6.45, 7) is 10.1. The summed E-state index contributed by atoms with van der Waals surface area (Å²) in [7, 11) is 5.12. The lowest BCUT2D eigenvalue weighted by Gasteiger charge is -2.18. The van der Waals surface area contributed by atoms with Gasteiger partial charge in [0, 0.05) is 32.3 Å². The predicted octanol–water partition coefficient (Wildman–Crippen LogP) is 3.81. The summed E-state index contributed by atoms with van der Waals surface area (Å²) < 4.78 is 12.7. The second-order valence-corrected chi connectivity index (χ2v) is 7.98. The Hall–Kier alpha value is -2.50. The van der Waals surface area contributed by atoms with Crippen LogP contribution >= 0.6 is 0 Å². The summed E-state index contributed by atoms with van der Waals surface area (Å²) in [4.78, 5) is 14.4. The van der Waals surface area contributed by atoms with E-state index in [-0.39, 0.29) is 5.91 Å². The molecule has 0 saturated carbocycles. The van der Waals surface area contributed by atoms with Crippen molar-refractivity contribution in [2.45, 2.75) is 53.5 Å². The molecule has 0 fully saturated rings. The summed E-state index contributed by atoms with van der Waals surface area (Å²) in [5, 5.41) is 4.65. The summed E-state index contributed by atoms with van der Waals surface area (Å²) >= 11 is 0. The quantitative estimate of drug-likeness (QED) is 0.607. The minimum atomic E-state index is 0.154. The Morgan fingerprint density at radius 1 is 1.14 bits per heavy atom. The number of hydrogen-bond acceptors (Lipinski definition) is 4. The first-order valence-corrected chi connectivity index (χ1v) is 10.2. The van der Waals surface area contributed by atoms with Gasteiger partial charge in [-0.25, -0.2) is 0 Å². The molecule has 2 aromatic rings. The summed E-state index contributed by atoms with van der Waals surface area (Å²) in [6.07, 6.45) is 2.00. The molecule has 0 aliphatic heterocycles. The third kappa shape index (κ3) is 5.99. The number of aryl methyl sites for hydroxylation is 1. The molecule has 29 heavy (non-hydrogen) atoms. The molecule has 1 aromatic heterocycles. The lowest BCUT2D eigenvalue weighted by atomic mass is 10.1. The van der Waals surface area contributed by atoms with Gasteiger partial charge in [0.05, 0.1) is 19.9 Å². The molecular formula is C23H35N3O3. The van der Waals surface area contributed by atoms with Gasteiger partial charge in [-0.2, -0.15) is 5.10 Å². The van der Waals surface area contributed by atoms with Crippen LogP contribution < -0.4 is 9.47 Å². The lowest BCUT2D eigenvalue weighted by molar-refractivity contribution is -0.129. The number of rotatable bonds is 10. The van der Waals surface area contributed by atoms with Crippen LogP contribution in [0.25, 0.3) is 0 Å². The molecule has 0 unspecified atom stereocenters. The molecule has 6 heteroatoms. The molecule has 0 N–H and O–H groups in total. The van der Waals surface area contributed by atoms with Crippen molar-refractivity contribution in [2.75, 3.05) is 27.8 Å². The average molecular weight is 402 g/mol. The molecule has 0 radical (unpaired) electrons. The van der Waals surface area contributed by atoms with E-state index in [1.165, 1.54) is 11.3 Å². The molecule has 6 nitrogen and oxygen atoms in total. The van der Waals surface area contributed by atoms with Crippen molar-refractivity contribution in [1.29, 1.82) is 0 Å². The van der Waals surface area contributed by atoms with E-state index in [4.69, 9.17) is 9.47 Å². The molecule has 0 atom stereocenters. The minimum absolute atomic E-state index is 0.154. The van der Waals surface area contributed by atoms with E-state index >= 15 is 0 Å². The standard InChI is InChI=1S/C23H35N3O3/c1-16(2)15-26-18(4)20(17(3)24-26)9-11-23(27)25(5)13-12-19-8-10-21(28-6)22(14-19)29-7/h8,10,14,16H,9,11-13,15H2,1-7H3. The van der Waals surface area contributed by atoms with E-state index in [9.17, 15) is 4.79 Å². The van der Waals surface area contributed by atoms with Crippen molar-refractivity contribution in [1.82, 2.24) is 14.7 Å². The van der Waals surface area contributed by atoms with Gasteiger partial charge in [0.2, 0.25) is 5.91 Å². The molecule has 0 aliphatic rings. The second kappa shape index (κ2) is 10.3. The Morgan fingerprint density at radius 2 is 1.83 bits per heavy atom. The number of hydrogen-bond donors (Lipinski definition) is 0. The highest BCUT2D eigenvalue weighted by atomic mass is 16.5. The smallest absolute Gasteiger partial charge is 0.222 e. The average Bonchev–Trinajstić information content (AvgIpc) is 2.95. The van der Waals surface area contributed by atoms with E-state index in [1.54, 1.807) is 19.1 Å². The van der Waals surface area contributed by atoms with Crippen LogP contribution in [0.4, 0.5) is 0 Å². The maximum absolute atomic E-state index is 12.6. The molecule has 0 aliphatic carbocycles. The molecule has 0 saturated heterocycles. The number of ether oxygens (including phenoxy) is 2. The number of aromatic nitrogens is 2. The van der Waals surface area contributed by atoms with Gasteiger partial charge in [-0.05, 0) is 55.9 Å². The molecule has 0 spiro atoms. The van der Waals surface area contributed by atoms with Crippen molar-refractivity contribution in [2.24, 2.45) is 5.92 Å². The minimum Gasteiger partial charge on any atom is -0.493 e. The van der Waals surface area contributed by atoms with Crippen molar-refractivity contribution >= 4 is 5.91 Å². The van der Waals surface area contributed by atoms with E-state index in [0.717, 1.165) is 30.6 Å². The summed E-state index contributed by atoms with van der Waals surface area (Å²) in [5.41, 5.74) is 4.53. The SMILES string of the molecule is COc1ccc(CCN(C)C(=O)CCc2c(C)nn(CC(C)C)c2C)cc1OC. The Morgan fingerprint density at radius 3 is 2.45 bits per heavy atom. The second-order valence-electron chi connectivity index (χ2n) is 7.98. The van der Waals surface area contributed by atoms with Crippen molar-refractivity contribution < 1.29 is 14.3 Å². The van der Waals surface area contributed by atoms with Crippen LogP contribution in [0.3, 0.4) is 0 Å². The van der Waals surface area contributed by atoms with Crippen molar-refractivity contribution in [3.63, 3.8) is 0 Å². The fraction of sp³-hybridized carbons (Fsp3) is 0.565. The van der Waals surface area contributed by atoms with E-state index < -0.39 is 0 Å². The maximum atomic E-state index is 12.6. The number of likely N-dealkylation sites (N-methyl/N-ethyl adjacent to an activating group) is 1. The zero-order valence-corrected chi connectivity index (χ0v) is 18.9. The first-order valence-electron chi connectivity index (χ1n) is 10.2. The van der Waals surface area contributed by atoms with E-state index in [1.807, 2.05) is 32.2 Å². The largest absolute Gasteiger partial charge is 0.493 e. The van der Waals surface area contributed by atoms with Crippen LogP contribution in [0.15, 0.2) is 18.2 Å². The normalized spacial score (nSPS) is 11.0. The van der Waals surface area contributed by atoms with E-state index in [2.05, 4.69) is 30.6 Å². The fourth-order valence-electron chi connectivity index (χ4n) is 3.50. The van der Waals surface area contributed by atoms with Crippen LogP contribution in [0.5, 0.6) is 11.5 Å². The van der Waals surface area contributed by atoms with Crippen LogP contribution in [-0.4, -0.2) is 48.4 Å². The predicted molar refractivity (Wildman–Crippen MR) is 116 cm³/mol. The Bertz CT molecular complexity index is 827. The van der Waals surface area contributed by atoms with Crippen LogP contribution in [-0.2, 0) is 24.2 Å². The monoisotopic (exact) mass is 401 g/mol. The van der Waals surface area contributed by atoms with Gasteiger partial charge in [-0.3, -0.25) is 9.48 Å². The zero-order valence-electron chi connectivity index (χ0n) is 18.9. The zero-order chi connectivity index (χ0) is 21.6. The number of carbonyl (C=O) groups excluding carboxylic acids is 1. The Labute approximate surface area is 174 Å². The third-order valence-corrected chi connectivity index (χ3v) is 5.27. The Balaban J connectivity index is 1.91. The van der Waals surface area contributed by atoms with Gasteiger partial charge in [-0.15, -0.1) is 0 Å². The number of nitrogens with zero attached hydrogens (tertiary/aromatic N) is 3. The molecular weight excluding hydrogens is 366 g/mol. The van der Waals surface area contributed by atoms with Crippen LogP contribution in [0.2, 0.25) is 0 Å². The van der Waals surface area contributed by atoms with Gasteiger partial charge in [0.1, 0.15) is 0 Å². The number of carbonyl (C=O) groups is 1. The molecule has 160 valence electrons. The first-order chi connectivity index (χ1) is 13.8. The maximum Gasteiger partial charge on any atom is 0.222 e. The number of benzene rings is 1. The van der Waals surface area contributed by atoms with Gasteiger partial charge >= 0.3 is 0 Å². The van der Waals surface area contributed by atoms with Gasteiger partial charge < -0.3 is 14.4 Å². The fourth-order valence-corrected chi connectivity index (χ4v) is 3.50. The number of amides is 1. The summed E-state index contributed by atoms with van der Waals surface area (Å²) in [5.74, 6) is 2.12. The molecule has 1 heterocycles. The van der Waals surface area contributed by atoms with Crippen molar-refractivity contribution in [3.05, 3.63) is 40.7 Å². The van der Waals surface area contributed by atoms with Crippen LogP contribution in [0.1, 0.15) is 42.8 Å². The topological polar surface area (TPSA) is 56.6 Å². The Kier molecular flexibility index (Phi) is 8.11. The highest BCUT2D eigenvalue weighted by Crippen LogP contribution is 2.27. The molecule has 0 bridgehead atoms. The summed E-state index contributed by atoms with van der Waals surface area (Å²) in [6, 6.07) is 5.87. The third-order valence-electron chi connectivity index (χ3n) is 5.27. The first kappa shape index (κ1) is 22.8. The molecule has 2 rings (SSSR count). The molecule has 1 aromatic carbocycles. The van der Waals surface area contributed by atoms with Crippen molar-refractivity contribution in [3.8, 4) is 11.5 Å². The lowest BCUT2D eigenvalue weighted by Crippen LogP contribution is -2.29. The van der Waals surface area contributed by atoms with Gasteiger partial charge in [0.15, 0.2) is 11.5 Å². The number of methoxy groups -OCH3 is 2. The highest BCUT2D eigenvalue weighted by molar-refractivity contribution is 5.76. The van der Waals surface area contributed by atoms with Crippen LogP contribution in [0, 0.1) is 19.8 Å². The van der Waals surface area contributed by atoms with Gasteiger partial charge in [-0.1, -0.05) is 19.9 Å². The highest BCUT2D eigenvalue weighted by Gasteiger charge is 2.16. The van der Waals surface area contributed by atoms with E-state index in [0.29, 0.717) is 30.4 Å².